The van der Waals surface area contributed by atoms with Gasteiger partial charge in [-0.2, -0.15) is 15.1 Å². The molecule has 0 saturated heterocycles. The highest BCUT2D eigenvalue weighted by atomic mass is 32.2. The summed E-state index contributed by atoms with van der Waals surface area (Å²) < 4.78 is 7.67. The van der Waals surface area contributed by atoms with Gasteiger partial charge in [-0.3, -0.25) is 15.2 Å². The van der Waals surface area contributed by atoms with Crippen LogP contribution in [0.15, 0.2) is 64.5 Å². The number of rotatable bonds is 4. The molecule has 9 heteroatoms. The van der Waals surface area contributed by atoms with E-state index in [2.05, 4.69) is 25.7 Å². The quantitative estimate of drug-likeness (QED) is 0.568. The number of carbonyl (C=O) groups is 1. The summed E-state index contributed by atoms with van der Waals surface area (Å²) in [5.74, 6) is 0.303. The van der Waals surface area contributed by atoms with E-state index in [-0.39, 0.29) is 11.4 Å². The van der Waals surface area contributed by atoms with E-state index in [9.17, 15) is 4.79 Å². The summed E-state index contributed by atoms with van der Waals surface area (Å²) in [5.41, 5.74) is 5.79. The van der Waals surface area contributed by atoms with Crippen LogP contribution in [0.3, 0.4) is 0 Å². The number of fused-ring (bicyclic) bond motifs is 1. The molecule has 0 radical (unpaired) electrons. The maximum absolute atomic E-state index is 12.9. The van der Waals surface area contributed by atoms with Gasteiger partial charge in [-0.15, -0.1) is 0 Å². The highest BCUT2D eigenvalue weighted by Gasteiger charge is 2.36. The first kappa shape index (κ1) is 21.8. The van der Waals surface area contributed by atoms with Crippen LogP contribution in [0.2, 0.25) is 0 Å². The topological polar surface area (TPSA) is 95.9 Å². The Bertz CT molecular complexity index is 1440. The Morgan fingerprint density at radius 3 is 2.71 bits per heavy atom. The van der Waals surface area contributed by atoms with E-state index in [1.807, 2.05) is 51.1 Å². The Morgan fingerprint density at radius 1 is 1.15 bits per heavy atom. The fourth-order valence-corrected chi connectivity index (χ4v) is 4.91. The summed E-state index contributed by atoms with van der Waals surface area (Å²) in [4.78, 5) is 21.2. The normalized spacial score (nSPS) is 16.6. The monoisotopic (exact) mass is 470 g/mol. The largest absolute Gasteiger partial charge is 0.495 e. The van der Waals surface area contributed by atoms with Crippen LogP contribution in [0.5, 0.6) is 5.75 Å². The third-order valence-electron chi connectivity index (χ3n) is 5.71. The lowest BCUT2D eigenvalue weighted by Crippen LogP contribution is -2.35. The molecule has 2 aliphatic heterocycles. The molecule has 170 valence electrons. The third kappa shape index (κ3) is 3.63. The van der Waals surface area contributed by atoms with E-state index < -0.39 is 5.91 Å². The number of aryl methyl sites for hydroxylation is 2. The zero-order valence-corrected chi connectivity index (χ0v) is 20.0. The minimum Gasteiger partial charge on any atom is -0.495 e. The predicted octanol–water partition coefficient (Wildman–Crippen LogP) is 4.47. The van der Waals surface area contributed by atoms with Gasteiger partial charge in [-0.25, -0.2) is 0 Å². The predicted molar refractivity (Wildman–Crippen MR) is 135 cm³/mol. The molecule has 0 bridgehead atoms. The Kier molecular flexibility index (Phi) is 5.41. The van der Waals surface area contributed by atoms with Crippen LogP contribution in [-0.4, -0.2) is 43.6 Å². The second kappa shape index (κ2) is 8.42. The smallest absolute Gasteiger partial charge is 0.283 e. The zero-order valence-electron chi connectivity index (χ0n) is 19.2. The molecule has 0 fully saturated rings. The average molecular weight is 471 g/mol. The maximum Gasteiger partial charge on any atom is 0.283 e. The highest BCUT2D eigenvalue weighted by molar-refractivity contribution is 8.27. The van der Waals surface area contributed by atoms with Gasteiger partial charge in [0, 0.05) is 29.3 Å². The lowest BCUT2D eigenvalue weighted by molar-refractivity contribution is -0.114. The number of carbonyl (C=O) groups excluding carboxylic acids is 1. The molecule has 1 aromatic carbocycles. The number of amidine groups is 2. The van der Waals surface area contributed by atoms with E-state index in [1.165, 1.54) is 16.8 Å². The van der Waals surface area contributed by atoms with Crippen LogP contribution in [0.25, 0.3) is 11.8 Å². The lowest BCUT2D eigenvalue weighted by atomic mass is 10.1. The lowest BCUT2D eigenvalue weighted by Gasteiger charge is -2.20. The van der Waals surface area contributed by atoms with Crippen LogP contribution >= 0.6 is 11.8 Å². The second-order valence-corrected chi connectivity index (χ2v) is 8.96. The zero-order chi connectivity index (χ0) is 24.0. The van der Waals surface area contributed by atoms with Gasteiger partial charge in [0.1, 0.15) is 10.8 Å². The van der Waals surface area contributed by atoms with Crippen molar-refractivity contribution in [3.8, 4) is 11.4 Å². The van der Waals surface area contributed by atoms with Crippen molar-refractivity contribution in [1.82, 2.24) is 14.6 Å². The van der Waals surface area contributed by atoms with Crippen molar-refractivity contribution in [2.75, 3.05) is 7.11 Å². The van der Waals surface area contributed by atoms with Crippen LogP contribution in [0.4, 0.5) is 0 Å². The van der Waals surface area contributed by atoms with Crippen molar-refractivity contribution in [3.63, 3.8) is 0 Å². The molecular formula is C25H22N6O2S. The molecule has 0 unspecified atom stereocenters. The number of aliphatic imine (C=N–C) groups is 1. The number of thioether (sulfide) groups is 1. The van der Waals surface area contributed by atoms with Crippen molar-refractivity contribution >= 4 is 39.8 Å². The van der Waals surface area contributed by atoms with E-state index in [0.29, 0.717) is 10.2 Å². The fourth-order valence-electron chi connectivity index (χ4n) is 4.03. The molecule has 8 nitrogen and oxygen atoms in total. The summed E-state index contributed by atoms with van der Waals surface area (Å²) in [6.45, 7) is 6.02. The molecule has 4 heterocycles. The van der Waals surface area contributed by atoms with E-state index in [1.54, 1.807) is 25.6 Å². The van der Waals surface area contributed by atoms with Gasteiger partial charge in [0.25, 0.3) is 5.91 Å². The van der Waals surface area contributed by atoms with Gasteiger partial charge in [0.2, 0.25) is 5.17 Å². The minimum absolute atomic E-state index is 0.000621. The maximum atomic E-state index is 12.9. The number of ether oxygens (including phenoxy) is 1. The number of hydrazone groups is 1. The molecule has 0 saturated carbocycles. The van der Waals surface area contributed by atoms with Gasteiger partial charge >= 0.3 is 0 Å². The molecule has 0 aliphatic carbocycles. The van der Waals surface area contributed by atoms with E-state index >= 15 is 0 Å². The van der Waals surface area contributed by atoms with Crippen molar-refractivity contribution in [2.45, 2.75) is 20.8 Å². The molecule has 3 aromatic rings. The average Bonchev–Trinajstić information content (AvgIpc) is 3.37. The van der Waals surface area contributed by atoms with Crippen LogP contribution in [-0.2, 0) is 4.79 Å². The summed E-state index contributed by atoms with van der Waals surface area (Å²) in [7, 11) is 1.65. The molecule has 1 amide bonds. The SMILES string of the molecule is COc1ccc(C)cc1-n1c(C)cc(C=C2C(=N)N3N=C(c4cccnc4)SC3=NC2=O)c1C. The Morgan fingerprint density at radius 2 is 1.97 bits per heavy atom. The number of benzene rings is 1. The number of amides is 1. The van der Waals surface area contributed by atoms with Crippen LogP contribution < -0.4 is 4.74 Å². The van der Waals surface area contributed by atoms with Crippen LogP contribution in [0.1, 0.15) is 28.1 Å². The molecule has 0 atom stereocenters. The molecule has 2 aliphatic rings. The first-order valence-corrected chi connectivity index (χ1v) is 11.4. The summed E-state index contributed by atoms with van der Waals surface area (Å²) in [5, 5.41) is 15.6. The Balaban J connectivity index is 1.54. The number of pyridine rings is 1. The summed E-state index contributed by atoms with van der Waals surface area (Å²) >= 11 is 1.25. The van der Waals surface area contributed by atoms with Crippen molar-refractivity contribution in [2.24, 2.45) is 10.1 Å². The molecule has 1 N–H and O–H groups in total. The molecule has 0 spiro atoms. The molecular weight excluding hydrogens is 448 g/mol. The highest BCUT2D eigenvalue weighted by Crippen LogP contribution is 2.33. The third-order valence-corrected chi connectivity index (χ3v) is 6.67. The minimum atomic E-state index is -0.454. The van der Waals surface area contributed by atoms with Gasteiger partial charge in [-0.05, 0) is 80.1 Å². The fraction of sp³-hybridized carbons (Fsp3) is 0.160. The number of aromatic nitrogens is 2. The summed E-state index contributed by atoms with van der Waals surface area (Å²) in [6, 6.07) is 11.7. The van der Waals surface area contributed by atoms with Gasteiger partial charge in [-0.1, -0.05) is 6.07 Å². The summed E-state index contributed by atoms with van der Waals surface area (Å²) in [6.07, 6.45) is 5.10. The number of hydrogen-bond acceptors (Lipinski definition) is 6. The van der Waals surface area contributed by atoms with Gasteiger partial charge in [0.05, 0.1) is 18.4 Å². The first-order valence-electron chi connectivity index (χ1n) is 10.6. The standard InChI is InChI=1S/C25H22N6O2S/c1-14-7-8-21(33-4)20(10-14)30-15(2)11-18(16(30)3)12-19-22(26)31-25(28-23(19)32)34-24(29-31)17-6-5-9-27-13-17/h5-13,26H,1-4H3. The number of methoxy groups -OCH3 is 1. The van der Waals surface area contributed by atoms with Crippen LogP contribution in [0, 0.1) is 26.2 Å². The van der Waals surface area contributed by atoms with Crippen molar-refractivity contribution in [3.05, 3.63) is 82.4 Å². The van der Waals surface area contributed by atoms with Crippen molar-refractivity contribution < 1.29 is 9.53 Å². The molecule has 2 aromatic heterocycles. The van der Waals surface area contributed by atoms with E-state index in [4.69, 9.17) is 10.1 Å². The number of nitrogens with one attached hydrogen (secondary N) is 1. The molecule has 34 heavy (non-hydrogen) atoms. The Hall–Kier alpha value is -3.98. The van der Waals surface area contributed by atoms with Gasteiger partial charge < -0.3 is 9.30 Å². The Labute approximate surface area is 201 Å². The molecule has 5 rings (SSSR count). The van der Waals surface area contributed by atoms with Gasteiger partial charge in [0.15, 0.2) is 5.84 Å². The number of hydrogen-bond donors (Lipinski definition) is 1. The van der Waals surface area contributed by atoms with Crippen molar-refractivity contribution in [1.29, 1.82) is 5.41 Å². The first-order chi connectivity index (χ1) is 16.4. The second-order valence-electron chi connectivity index (χ2n) is 8.00. The van der Waals surface area contributed by atoms with E-state index in [0.717, 1.165) is 39.5 Å². The number of nitrogens with zero attached hydrogens (tertiary/aromatic N) is 5.